The SMILES string of the molecule is N#Cc1cccc(NC(=O)CCCNc2ncnc3ccccc23)c1. The lowest BCUT2D eigenvalue weighted by atomic mass is 10.2. The van der Waals surface area contributed by atoms with Gasteiger partial charge in [-0.2, -0.15) is 5.26 Å². The van der Waals surface area contributed by atoms with Crippen molar-refractivity contribution in [2.24, 2.45) is 0 Å². The Kier molecular flexibility index (Phi) is 5.17. The van der Waals surface area contributed by atoms with Gasteiger partial charge in [0.05, 0.1) is 17.1 Å². The number of amides is 1. The minimum atomic E-state index is -0.0792. The molecule has 6 nitrogen and oxygen atoms in total. The van der Waals surface area contributed by atoms with Crippen LogP contribution >= 0.6 is 0 Å². The normalized spacial score (nSPS) is 10.2. The van der Waals surface area contributed by atoms with E-state index in [9.17, 15) is 4.79 Å². The van der Waals surface area contributed by atoms with Crippen LogP contribution in [-0.4, -0.2) is 22.4 Å². The van der Waals surface area contributed by atoms with E-state index >= 15 is 0 Å². The summed E-state index contributed by atoms with van der Waals surface area (Å²) in [6, 6.07) is 16.7. The predicted octanol–water partition coefficient (Wildman–Crippen LogP) is 3.33. The molecule has 124 valence electrons. The van der Waals surface area contributed by atoms with E-state index in [1.54, 1.807) is 24.3 Å². The van der Waals surface area contributed by atoms with Crippen LogP contribution in [0.3, 0.4) is 0 Å². The highest BCUT2D eigenvalue weighted by atomic mass is 16.1. The molecular weight excluding hydrogens is 314 g/mol. The van der Waals surface area contributed by atoms with Gasteiger partial charge < -0.3 is 10.6 Å². The molecule has 6 heteroatoms. The molecule has 0 atom stereocenters. The lowest BCUT2D eigenvalue weighted by molar-refractivity contribution is -0.116. The van der Waals surface area contributed by atoms with E-state index in [1.165, 1.54) is 6.33 Å². The number of nitriles is 1. The summed E-state index contributed by atoms with van der Waals surface area (Å²) in [5.74, 6) is 0.692. The summed E-state index contributed by atoms with van der Waals surface area (Å²) in [6.45, 7) is 0.632. The van der Waals surface area contributed by atoms with Gasteiger partial charge >= 0.3 is 0 Å². The predicted molar refractivity (Wildman–Crippen MR) is 97.0 cm³/mol. The zero-order valence-corrected chi connectivity index (χ0v) is 13.6. The first-order valence-electron chi connectivity index (χ1n) is 8.00. The van der Waals surface area contributed by atoms with Crippen molar-refractivity contribution in [1.82, 2.24) is 9.97 Å². The second-order valence-electron chi connectivity index (χ2n) is 5.51. The fraction of sp³-hybridized carbons (Fsp3) is 0.158. The summed E-state index contributed by atoms with van der Waals surface area (Å²) in [6.07, 6.45) is 2.58. The molecule has 0 fully saturated rings. The number of fused-ring (bicyclic) bond motifs is 1. The van der Waals surface area contributed by atoms with Gasteiger partial charge in [0.15, 0.2) is 0 Å². The van der Waals surface area contributed by atoms with Crippen LogP contribution in [-0.2, 0) is 4.79 Å². The van der Waals surface area contributed by atoms with Gasteiger partial charge in [-0.05, 0) is 36.8 Å². The van der Waals surface area contributed by atoms with Gasteiger partial charge in [-0.1, -0.05) is 18.2 Å². The maximum absolute atomic E-state index is 12.0. The van der Waals surface area contributed by atoms with Crippen LogP contribution in [0, 0.1) is 11.3 Å². The third-order valence-electron chi connectivity index (χ3n) is 3.69. The number of rotatable bonds is 6. The van der Waals surface area contributed by atoms with Crippen molar-refractivity contribution >= 4 is 28.3 Å². The Morgan fingerprint density at radius 3 is 2.88 bits per heavy atom. The number of nitrogens with zero attached hydrogens (tertiary/aromatic N) is 3. The molecule has 25 heavy (non-hydrogen) atoms. The Morgan fingerprint density at radius 1 is 1.12 bits per heavy atom. The van der Waals surface area contributed by atoms with Gasteiger partial charge in [0.2, 0.25) is 5.91 Å². The molecule has 0 aliphatic heterocycles. The Labute approximate surface area is 145 Å². The van der Waals surface area contributed by atoms with E-state index in [2.05, 4.69) is 26.7 Å². The van der Waals surface area contributed by atoms with Crippen molar-refractivity contribution in [1.29, 1.82) is 5.26 Å². The molecule has 2 N–H and O–H groups in total. The number of aromatic nitrogens is 2. The molecule has 0 unspecified atom stereocenters. The number of benzene rings is 2. The summed E-state index contributed by atoms with van der Waals surface area (Å²) in [5, 5.41) is 15.9. The lowest BCUT2D eigenvalue weighted by Crippen LogP contribution is -2.13. The Bertz CT molecular complexity index is 927. The largest absolute Gasteiger partial charge is 0.369 e. The average molecular weight is 331 g/mol. The highest BCUT2D eigenvalue weighted by Gasteiger charge is 2.05. The zero-order chi connectivity index (χ0) is 17.5. The number of hydrogen-bond donors (Lipinski definition) is 2. The summed E-state index contributed by atoms with van der Waals surface area (Å²) in [4.78, 5) is 20.5. The van der Waals surface area contributed by atoms with Gasteiger partial charge in [-0.25, -0.2) is 9.97 Å². The van der Waals surface area contributed by atoms with Gasteiger partial charge in [0.1, 0.15) is 12.1 Å². The molecule has 0 aliphatic carbocycles. The first kappa shape index (κ1) is 16.4. The van der Waals surface area contributed by atoms with Crippen LogP contribution in [0.1, 0.15) is 18.4 Å². The molecule has 0 spiro atoms. The van der Waals surface area contributed by atoms with E-state index in [-0.39, 0.29) is 5.91 Å². The topological polar surface area (TPSA) is 90.7 Å². The standard InChI is InChI=1S/C19H17N5O/c20-12-14-5-3-6-15(11-14)24-18(25)9-4-10-21-19-16-7-1-2-8-17(16)22-13-23-19/h1-3,5-8,11,13H,4,9-10H2,(H,24,25)(H,21,22,23). The molecule has 0 bridgehead atoms. The van der Waals surface area contributed by atoms with E-state index in [4.69, 9.17) is 5.26 Å². The Balaban J connectivity index is 1.49. The van der Waals surface area contributed by atoms with Crippen LogP contribution < -0.4 is 10.6 Å². The van der Waals surface area contributed by atoms with Gasteiger partial charge in [0, 0.05) is 24.0 Å². The van der Waals surface area contributed by atoms with Crippen molar-refractivity contribution < 1.29 is 4.79 Å². The molecule has 0 saturated heterocycles. The molecule has 0 radical (unpaired) electrons. The molecule has 2 aromatic carbocycles. The van der Waals surface area contributed by atoms with Gasteiger partial charge in [-0.3, -0.25) is 4.79 Å². The van der Waals surface area contributed by atoms with Crippen molar-refractivity contribution in [2.75, 3.05) is 17.2 Å². The number of carbonyl (C=O) groups is 1. The highest BCUT2D eigenvalue weighted by Crippen LogP contribution is 2.18. The molecule has 0 aliphatic rings. The summed E-state index contributed by atoms with van der Waals surface area (Å²) < 4.78 is 0. The average Bonchev–Trinajstić information content (AvgIpc) is 2.65. The number of para-hydroxylation sites is 1. The zero-order valence-electron chi connectivity index (χ0n) is 13.6. The Morgan fingerprint density at radius 2 is 2.00 bits per heavy atom. The smallest absolute Gasteiger partial charge is 0.224 e. The molecule has 0 saturated carbocycles. The van der Waals surface area contributed by atoms with Crippen LogP contribution in [0.5, 0.6) is 0 Å². The minimum absolute atomic E-state index is 0.0792. The number of anilines is 2. The van der Waals surface area contributed by atoms with Crippen LogP contribution in [0.15, 0.2) is 54.9 Å². The number of hydrogen-bond acceptors (Lipinski definition) is 5. The molecule has 1 heterocycles. The fourth-order valence-corrected chi connectivity index (χ4v) is 2.49. The molecule has 1 aromatic heterocycles. The van der Waals surface area contributed by atoms with E-state index in [0.29, 0.717) is 30.6 Å². The number of nitrogens with one attached hydrogen (secondary N) is 2. The summed E-state index contributed by atoms with van der Waals surface area (Å²) in [7, 11) is 0. The van der Waals surface area contributed by atoms with Crippen LogP contribution in [0.25, 0.3) is 10.9 Å². The molecular formula is C19H17N5O. The molecule has 3 rings (SSSR count). The second kappa shape index (κ2) is 7.88. The van der Waals surface area contributed by atoms with E-state index in [0.717, 1.165) is 16.7 Å². The maximum Gasteiger partial charge on any atom is 0.224 e. The van der Waals surface area contributed by atoms with Crippen molar-refractivity contribution in [3.8, 4) is 6.07 Å². The maximum atomic E-state index is 12.0. The molecule has 3 aromatic rings. The monoisotopic (exact) mass is 331 g/mol. The van der Waals surface area contributed by atoms with E-state index in [1.807, 2.05) is 24.3 Å². The third-order valence-corrected chi connectivity index (χ3v) is 3.69. The summed E-state index contributed by atoms with van der Waals surface area (Å²) >= 11 is 0. The lowest BCUT2D eigenvalue weighted by Gasteiger charge is -2.08. The van der Waals surface area contributed by atoms with Gasteiger partial charge in [0.25, 0.3) is 0 Å². The van der Waals surface area contributed by atoms with Crippen LogP contribution in [0.2, 0.25) is 0 Å². The van der Waals surface area contributed by atoms with Crippen molar-refractivity contribution in [3.63, 3.8) is 0 Å². The minimum Gasteiger partial charge on any atom is -0.369 e. The van der Waals surface area contributed by atoms with E-state index < -0.39 is 0 Å². The highest BCUT2D eigenvalue weighted by molar-refractivity contribution is 5.91. The number of carbonyl (C=O) groups excluding carboxylic acids is 1. The molecule has 1 amide bonds. The second-order valence-corrected chi connectivity index (χ2v) is 5.51. The van der Waals surface area contributed by atoms with Gasteiger partial charge in [-0.15, -0.1) is 0 Å². The fourth-order valence-electron chi connectivity index (χ4n) is 2.49. The third kappa shape index (κ3) is 4.30. The first-order chi connectivity index (χ1) is 12.3. The summed E-state index contributed by atoms with van der Waals surface area (Å²) in [5.41, 5.74) is 2.05. The quantitative estimate of drug-likeness (QED) is 0.676. The van der Waals surface area contributed by atoms with Crippen molar-refractivity contribution in [2.45, 2.75) is 12.8 Å². The van der Waals surface area contributed by atoms with Crippen molar-refractivity contribution in [3.05, 3.63) is 60.4 Å². The van der Waals surface area contributed by atoms with Crippen LogP contribution in [0.4, 0.5) is 11.5 Å². The first-order valence-corrected chi connectivity index (χ1v) is 8.00. The Hall–Kier alpha value is -3.46.